The van der Waals surface area contributed by atoms with Crippen molar-refractivity contribution < 1.29 is 18.8 Å². The highest BCUT2D eigenvalue weighted by Crippen LogP contribution is 2.17. The standard InChI is InChI=1S/C17H16FN3O3/c1-11(22)21(14-8-6-13(19)7-9-14)17(24)16(23)20-10-12-4-2-3-5-15(12)18/h2-9H,10,19H2,1H3,(H,20,23). The molecule has 0 spiro atoms. The van der Waals surface area contributed by atoms with Crippen LogP contribution >= 0.6 is 0 Å². The fraction of sp³-hybridized carbons (Fsp3) is 0.118. The van der Waals surface area contributed by atoms with Crippen molar-refractivity contribution in [2.45, 2.75) is 13.5 Å². The van der Waals surface area contributed by atoms with Crippen molar-refractivity contribution in [3.05, 3.63) is 59.9 Å². The van der Waals surface area contributed by atoms with E-state index in [-0.39, 0.29) is 17.8 Å². The molecule has 24 heavy (non-hydrogen) atoms. The highest BCUT2D eigenvalue weighted by Gasteiger charge is 2.26. The number of nitrogens with zero attached hydrogens (tertiary/aromatic N) is 1. The maximum atomic E-state index is 13.5. The first-order chi connectivity index (χ1) is 11.4. The van der Waals surface area contributed by atoms with Gasteiger partial charge in [0.25, 0.3) is 0 Å². The number of nitrogens with two attached hydrogens (primary N) is 1. The normalized spacial score (nSPS) is 10.1. The minimum atomic E-state index is -1.05. The number of amides is 3. The predicted octanol–water partition coefficient (Wildman–Crippen LogP) is 1.60. The zero-order chi connectivity index (χ0) is 17.7. The van der Waals surface area contributed by atoms with Gasteiger partial charge in [0, 0.05) is 24.7 Å². The Kier molecular flexibility index (Phi) is 5.26. The number of hydrogen-bond acceptors (Lipinski definition) is 4. The predicted molar refractivity (Wildman–Crippen MR) is 87.3 cm³/mol. The average molecular weight is 329 g/mol. The Balaban J connectivity index is 2.12. The Bertz CT molecular complexity index is 775. The van der Waals surface area contributed by atoms with Gasteiger partial charge < -0.3 is 11.1 Å². The summed E-state index contributed by atoms with van der Waals surface area (Å²) in [4.78, 5) is 36.7. The third-order valence-electron chi connectivity index (χ3n) is 3.26. The van der Waals surface area contributed by atoms with Gasteiger partial charge >= 0.3 is 11.8 Å². The molecule has 3 amide bonds. The lowest BCUT2D eigenvalue weighted by atomic mass is 10.2. The van der Waals surface area contributed by atoms with Crippen LogP contribution in [0.3, 0.4) is 0 Å². The number of nitrogens with one attached hydrogen (secondary N) is 1. The highest BCUT2D eigenvalue weighted by atomic mass is 19.1. The molecule has 7 heteroatoms. The first-order valence-electron chi connectivity index (χ1n) is 7.12. The summed E-state index contributed by atoms with van der Waals surface area (Å²) in [6.45, 7) is 1.00. The van der Waals surface area contributed by atoms with Crippen molar-refractivity contribution in [2.75, 3.05) is 10.6 Å². The van der Waals surface area contributed by atoms with E-state index in [4.69, 9.17) is 5.73 Å². The van der Waals surface area contributed by atoms with Crippen molar-refractivity contribution in [1.29, 1.82) is 0 Å². The van der Waals surface area contributed by atoms with E-state index in [1.54, 1.807) is 6.07 Å². The molecule has 2 rings (SSSR count). The topological polar surface area (TPSA) is 92.5 Å². The van der Waals surface area contributed by atoms with E-state index in [2.05, 4.69) is 5.32 Å². The van der Waals surface area contributed by atoms with Gasteiger partial charge in [0.15, 0.2) is 0 Å². The summed E-state index contributed by atoms with van der Waals surface area (Å²) < 4.78 is 13.5. The number of halogens is 1. The van der Waals surface area contributed by atoms with E-state index in [1.807, 2.05) is 0 Å². The van der Waals surface area contributed by atoms with E-state index in [0.717, 1.165) is 4.90 Å². The molecule has 3 N–H and O–H groups in total. The summed E-state index contributed by atoms with van der Waals surface area (Å²) in [5.41, 5.74) is 6.48. The number of benzene rings is 2. The molecule has 0 atom stereocenters. The number of nitrogen functional groups attached to an aromatic ring is 1. The second-order valence-electron chi connectivity index (χ2n) is 5.03. The van der Waals surface area contributed by atoms with Gasteiger partial charge in [-0.1, -0.05) is 18.2 Å². The molecule has 0 bridgehead atoms. The third-order valence-corrected chi connectivity index (χ3v) is 3.26. The zero-order valence-corrected chi connectivity index (χ0v) is 13.0. The van der Waals surface area contributed by atoms with Crippen LogP contribution in [0, 0.1) is 5.82 Å². The third kappa shape index (κ3) is 3.95. The summed E-state index contributed by atoms with van der Waals surface area (Å²) in [6.07, 6.45) is 0. The highest BCUT2D eigenvalue weighted by molar-refractivity contribution is 6.45. The number of rotatable bonds is 3. The quantitative estimate of drug-likeness (QED) is 0.661. The Morgan fingerprint density at radius 3 is 2.29 bits per heavy atom. The van der Waals surface area contributed by atoms with Gasteiger partial charge in [0.2, 0.25) is 5.91 Å². The van der Waals surface area contributed by atoms with Crippen LogP contribution in [0.15, 0.2) is 48.5 Å². The van der Waals surface area contributed by atoms with Crippen LogP contribution in [0.25, 0.3) is 0 Å². The molecule has 0 saturated carbocycles. The van der Waals surface area contributed by atoms with Crippen LogP contribution in [0.2, 0.25) is 0 Å². The SMILES string of the molecule is CC(=O)N(C(=O)C(=O)NCc1ccccc1F)c1ccc(N)cc1. The van der Waals surface area contributed by atoms with Crippen LogP contribution in [-0.4, -0.2) is 17.7 Å². The first-order valence-corrected chi connectivity index (χ1v) is 7.12. The van der Waals surface area contributed by atoms with E-state index in [9.17, 15) is 18.8 Å². The molecule has 0 fully saturated rings. The maximum absolute atomic E-state index is 13.5. The van der Waals surface area contributed by atoms with Gasteiger partial charge in [0.1, 0.15) is 5.82 Å². The van der Waals surface area contributed by atoms with Gasteiger partial charge in [0.05, 0.1) is 5.69 Å². The fourth-order valence-electron chi connectivity index (χ4n) is 2.06. The first kappa shape index (κ1) is 17.1. The number of hydrogen-bond donors (Lipinski definition) is 2. The molecular formula is C17H16FN3O3. The molecule has 2 aromatic rings. The lowest BCUT2D eigenvalue weighted by molar-refractivity contribution is -0.139. The van der Waals surface area contributed by atoms with Crippen LogP contribution < -0.4 is 16.0 Å². The molecule has 0 aliphatic heterocycles. The minimum absolute atomic E-state index is 0.162. The smallest absolute Gasteiger partial charge is 0.323 e. The fourth-order valence-corrected chi connectivity index (χ4v) is 2.06. The van der Waals surface area contributed by atoms with Crippen molar-refractivity contribution in [2.24, 2.45) is 0 Å². The number of anilines is 2. The lowest BCUT2D eigenvalue weighted by Crippen LogP contribution is -2.45. The Labute approximate surface area is 138 Å². The number of imide groups is 1. The van der Waals surface area contributed by atoms with Crippen LogP contribution in [0.5, 0.6) is 0 Å². The molecule has 0 aliphatic rings. The minimum Gasteiger partial charge on any atom is -0.399 e. The molecule has 2 aromatic carbocycles. The second-order valence-corrected chi connectivity index (χ2v) is 5.03. The average Bonchev–Trinajstić information content (AvgIpc) is 2.55. The summed E-state index contributed by atoms with van der Waals surface area (Å²) in [5, 5.41) is 2.31. The number of carbonyl (C=O) groups is 3. The van der Waals surface area contributed by atoms with Gasteiger partial charge in [-0.25, -0.2) is 9.29 Å². The Morgan fingerprint density at radius 2 is 1.71 bits per heavy atom. The molecule has 0 aromatic heterocycles. The summed E-state index contributed by atoms with van der Waals surface area (Å²) in [6, 6.07) is 11.8. The van der Waals surface area contributed by atoms with Crippen LogP contribution in [0.1, 0.15) is 12.5 Å². The lowest BCUT2D eigenvalue weighted by Gasteiger charge is -2.18. The largest absolute Gasteiger partial charge is 0.399 e. The zero-order valence-electron chi connectivity index (χ0n) is 13.0. The monoisotopic (exact) mass is 329 g/mol. The summed E-state index contributed by atoms with van der Waals surface area (Å²) in [5.74, 6) is -3.17. The van der Waals surface area contributed by atoms with Gasteiger partial charge in [-0.05, 0) is 30.3 Å². The van der Waals surface area contributed by atoms with E-state index >= 15 is 0 Å². The van der Waals surface area contributed by atoms with Gasteiger partial charge in [-0.3, -0.25) is 14.4 Å². The van der Waals surface area contributed by atoms with Crippen LogP contribution in [-0.2, 0) is 20.9 Å². The second kappa shape index (κ2) is 7.36. The van der Waals surface area contributed by atoms with Crippen molar-refractivity contribution in [1.82, 2.24) is 5.32 Å². The van der Waals surface area contributed by atoms with Gasteiger partial charge in [-0.2, -0.15) is 0 Å². The van der Waals surface area contributed by atoms with Gasteiger partial charge in [-0.15, -0.1) is 0 Å². The molecule has 0 heterocycles. The summed E-state index contributed by atoms with van der Waals surface area (Å²) in [7, 11) is 0. The molecule has 0 unspecified atom stereocenters. The maximum Gasteiger partial charge on any atom is 0.323 e. The van der Waals surface area contributed by atoms with E-state index in [1.165, 1.54) is 49.4 Å². The molecule has 0 radical (unpaired) electrons. The molecule has 124 valence electrons. The van der Waals surface area contributed by atoms with E-state index in [0.29, 0.717) is 5.69 Å². The van der Waals surface area contributed by atoms with Crippen molar-refractivity contribution in [3.8, 4) is 0 Å². The Morgan fingerprint density at radius 1 is 1.08 bits per heavy atom. The van der Waals surface area contributed by atoms with Crippen molar-refractivity contribution >= 4 is 29.1 Å². The molecule has 6 nitrogen and oxygen atoms in total. The molecule has 0 aliphatic carbocycles. The summed E-state index contributed by atoms with van der Waals surface area (Å²) >= 11 is 0. The Hall–Kier alpha value is -3.22. The number of carbonyl (C=O) groups excluding carboxylic acids is 3. The molecule has 0 saturated heterocycles. The van der Waals surface area contributed by atoms with Crippen LogP contribution in [0.4, 0.5) is 15.8 Å². The van der Waals surface area contributed by atoms with E-state index < -0.39 is 23.5 Å². The van der Waals surface area contributed by atoms with Crippen molar-refractivity contribution in [3.63, 3.8) is 0 Å². The molecular weight excluding hydrogens is 313 g/mol.